The maximum absolute atomic E-state index is 12.5. The van der Waals surface area contributed by atoms with Gasteiger partial charge in [-0.2, -0.15) is 13.2 Å². The van der Waals surface area contributed by atoms with Gasteiger partial charge in [-0.15, -0.1) is 0 Å². The standard InChI is InChI=1S/C15H17BrF3NO/c16-10-13-3-1-2-8-20(13)14(21)9-11-4-6-12(7-5-11)15(17,18)19/h4-7,13H,1-3,8-10H2. The van der Waals surface area contributed by atoms with Crippen molar-refractivity contribution in [2.24, 2.45) is 0 Å². The molecule has 0 radical (unpaired) electrons. The zero-order valence-electron chi connectivity index (χ0n) is 11.5. The lowest BCUT2D eigenvalue weighted by Crippen LogP contribution is -2.45. The molecular weight excluding hydrogens is 347 g/mol. The lowest BCUT2D eigenvalue weighted by atomic mass is 10.0. The van der Waals surface area contributed by atoms with E-state index in [1.165, 1.54) is 12.1 Å². The molecule has 2 rings (SSSR count). The Balaban J connectivity index is 2.02. The number of likely N-dealkylation sites (tertiary alicyclic amines) is 1. The van der Waals surface area contributed by atoms with Crippen molar-refractivity contribution in [1.82, 2.24) is 4.90 Å². The Morgan fingerprint density at radius 2 is 1.90 bits per heavy atom. The molecule has 0 saturated carbocycles. The number of carbonyl (C=O) groups is 1. The molecule has 1 unspecified atom stereocenters. The van der Waals surface area contributed by atoms with Crippen molar-refractivity contribution in [3.8, 4) is 0 Å². The third kappa shape index (κ3) is 4.22. The number of hydrogen-bond donors (Lipinski definition) is 0. The summed E-state index contributed by atoms with van der Waals surface area (Å²) in [6, 6.07) is 5.02. The summed E-state index contributed by atoms with van der Waals surface area (Å²) in [5.41, 5.74) is -0.0677. The van der Waals surface area contributed by atoms with E-state index in [-0.39, 0.29) is 18.4 Å². The van der Waals surface area contributed by atoms with Crippen LogP contribution in [0.2, 0.25) is 0 Å². The first-order valence-corrected chi connectivity index (χ1v) is 8.05. The molecule has 21 heavy (non-hydrogen) atoms. The molecule has 0 N–H and O–H groups in total. The molecular formula is C15H17BrF3NO. The highest BCUT2D eigenvalue weighted by Gasteiger charge is 2.30. The highest BCUT2D eigenvalue weighted by atomic mass is 79.9. The van der Waals surface area contributed by atoms with Gasteiger partial charge in [0.25, 0.3) is 0 Å². The van der Waals surface area contributed by atoms with Crippen LogP contribution < -0.4 is 0 Å². The van der Waals surface area contributed by atoms with Crippen LogP contribution in [0.4, 0.5) is 13.2 Å². The van der Waals surface area contributed by atoms with Gasteiger partial charge < -0.3 is 4.90 Å². The van der Waals surface area contributed by atoms with Gasteiger partial charge in [0.1, 0.15) is 0 Å². The molecule has 0 bridgehead atoms. The van der Waals surface area contributed by atoms with Crippen molar-refractivity contribution >= 4 is 21.8 Å². The molecule has 1 aromatic carbocycles. The van der Waals surface area contributed by atoms with Crippen molar-refractivity contribution in [2.75, 3.05) is 11.9 Å². The van der Waals surface area contributed by atoms with E-state index < -0.39 is 11.7 Å². The van der Waals surface area contributed by atoms with E-state index in [0.717, 1.165) is 43.3 Å². The van der Waals surface area contributed by atoms with Gasteiger partial charge in [0.05, 0.1) is 12.0 Å². The Bertz CT molecular complexity index is 487. The minimum Gasteiger partial charge on any atom is -0.339 e. The van der Waals surface area contributed by atoms with Crippen LogP contribution in [0.5, 0.6) is 0 Å². The molecule has 1 heterocycles. The Kier molecular flexibility index (Phi) is 5.30. The number of rotatable bonds is 3. The number of benzene rings is 1. The first-order valence-electron chi connectivity index (χ1n) is 6.93. The highest BCUT2D eigenvalue weighted by molar-refractivity contribution is 9.09. The Morgan fingerprint density at radius 1 is 1.24 bits per heavy atom. The molecule has 0 aromatic heterocycles. The highest BCUT2D eigenvalue weighted by Crippen LogP contribution is 2.29. The number of amides is 1. The van der Waals surface area contributed by atoms with Crippen molar-refractivity contribution in [3.05, 3.63) is 35.4 Å². The first-order chi connectivity index (χ1) is 9.91. The minimum atomic E-state index is -4.34. The zero-order chi connectivity index (χ0) is 15.5. The number of hydrogen-bond acceptors (Lipinski definition) is 1. The van der Waals surface area contributed by atoms with Crippen LogP contribution in [0.25, 0.3) is 0 Å². The van der Waals surface area contributed by atoms with E-state index in [4.69, 9.17) is 0 Å². The van der Waals surface area contributed by atoms with Crippen molar-refractivity contribution < 1.29 is 18.0 Å². The molecule has 1 saturated heterocycles. The molecule has 6 heteroatoms. The fourth-order valence-electron chi connectivity index (χ4n) is 2.58. The van der Waals surface area contributed by atoms with Gasteiger partial charge in [-0.3, -0.25) is 4.79 Å². The van der Waals surface area contributed by atoms with Gasteiger partial charge >= 0.3 is 6.18 Å². The van der Waals surface area contributed by atoms with Crippen LogP contribution >= 0.6 is 15.9 Å². The number of carbonyl (C=O) groups excluding carboxylic acids is 1. The molecule has 1 aliphatic rings. The molecule has 1 fully saturated rings. The smallest absolute Gasteiger partial charge is 0.339 e. The van der Waals surface area contributed by atoms with Gasteiger partial charge in [0.2, 0.25) is 5.91 Å². The average Bonchev–Trinajstić information content (AvgIpc) is 2.46. The lowest BCUT2D eigenvalue weighted by molar-refractivity contribution is -0.137. The van der Waals surface area contributed by atoms with Gasteiger partial charge in [0, 0.05) is 17.9 Å². The second-order valence-corrected chi connectivity index (χ2v) is 5.91. The summed E-state index contributed by atoms with van der Waals surface area (Å²) >= 11 is 3.42. The second-order valence-electron chi connectivity index (χ2n) is 5.26. The van der Waals surface area contributed by atoms with E-state index in [9.17, 15) is 18.0 Å². The fraction of sp³-hybridized carbons (Fsp3) is 0.533. The topological polar surface area (TPSA) is 20.3 Å². The normalized spacial score (nSPS) is 19.6. The fourth-order valence-corrected chi connectivity index (χ4v) is 3.25. The van der Waals surface area contributed by atoms with E-state index >= 15 is 0 Å². The van der Waals surface area contributed by atoms with Crippen LogP contribution in [0.1, 0.15) is 30.4 Å². The van der Waals surface area contributed by atoms with Gasteiger partial charge in [-0.25, -0.2) is 0 Å². The summed E-state index contributed by atoms with van der Waals surface area (Å²) in [5.74, 6) is -0.0149. The average molecular weight is 364 g/mol. The van der Waals surface area contributed by atoms with Crippen molar-refractivity contribution in [1.29, 1.82) is 0 Å². The molecule has 116 valence electrons. The van der Waals surface area contributed by atoms with Gasteiger partial charge in [0.15, 0.2) is 0 Å². The Morgan fingerprint density at radius 3 is 2.48 bits per heavy atom. The SMILES string of the molecule is O=C(Cc1ccc(C(F)(F)F)cc1)N1CCCCC1CBr. The van der Waals surface area contributed by atoms with Crippen molar-refractivity contribution in [3.63, 3.8) is 0 Å². The first kappa shape index (κ1) is 16.3. The number of halogens is 4. The van der Waals surface area contributed by atoms with Gasteiger partial charge in [-0.1, -0.05) is 28.1 Å². The predicted molar refractivity (Wildman–Crippen MR) is 78.3 cm³/mol. The molecule has 1 aromatic rings. The lowest BCUT2D eigenvalue weighted by Gasteiger charge is -2.34. The van der Waals surface area contributed by atoms with E-state index in [0.29, 0.717) is 5.56 Å². The van der Waals surface area contributed by atoms with Crippen LogP contribution in [-0.2, 0) is 17.4 Å². The van der Waals surface area contributed by atoms with E-state index in [2.05, 4.69) is 15.9 Å². The van der Waals surface area contributed by atoms with Crippen LogP contribution in [-0.4, -0.2) is 28.7 Å². The predicted octanol–water partition coefficient (Wildman–Crippen LogP) is 4.02. The molecule has 1 atom stereocenters. The summed E-state index contributed by atoms with van der Waals surface area (Å²) in [5, 5.41) is 0.742. The molecule has 1 aliphatic heterocycles. The third-order valence-corrected chi connectivity index (χ3v) is 4.51. The zero-order valence-corrected chi connectivity index (χ0v) is 13.1. The second kappa shape index (κ2) is 6.81. The number of nitrogens with zero attached hydrogens (tertiary/aromatic N) is 1. The molecule has 1 amide bonds. The summed E-state index contributed by atoms with van der Waals surface area (Å²) in [6.07, 6.45) is -1.11. The van der Waals surface area contributed by atoms with Crippen molar-refractivity contribution in [2.45, 2.75) is 37.9 Å². The summed E-state index contributed by atoms with van der Waals surface area (Å²) in [6.45, 7) is 0.732. The largest absolute Gasteiger partial charge is 0.416 e. The molecule has 0 aliphatic carbocycles. The summed E-state index contributed by atoms with van der Waals surface area (Å²) in [4.78, 5) is 14.1. The molecule has 2 nitrogen and oxygen atoms in total. The summed E-state index contributed by atoms with van der Waals surface area (Å²) < 4.78 is 37.5. The molecule has 0 spiro atoms. The quantitative estimate of drug-likeness (QED) is 0.742. The summed E-state index contributed by atoms with van der Waals surface area (Å²) in [7, 11) is 0. The minimum absolute atomic E-state index is 0.0149. The Labute approximate surface area is 130 Å². The van der Waals surface area contributed by atoms with Crippen LogP contribution in [0.3, 0.4) is 0 Å². The monoisotopic (exact) mass is 363 g/mol. The van der Waals surface area contributed by atoms with Gasteiger partial charge in [-0.05, 0) is 37.0 Å². The number of piperidine rings is 1. The van der Waals surface area contributed by atoms with E-state index in [1.54, 1.807) is 0 Å². The van der Waals surface area contributed by atoms with Crippen LogP contribution in [0, 0.1) is 0 Å². The van der Waals surface area contributed by atoms with Crippen LogP contribution in [0.15, 0.2) is 24.3 Å². The van der Waals surface area contributed by atoms with E-state index in [1.807, 2.05) is 4.90 Å². The Hall–Kier alpha value is -1.04. The number of alkyl halides is 4. The maximum atomic E-state index is 12.5. The third-order valence-electron chi connectivity index (χ3n) is 3.76. The maximum Gasteiger partial charge on any atom is 0.416 e.